The zero-order chi connectivity index (χ0) is 14.1. The van der Waals surface area contributed by atoms with E-state index in [-0.39, 0.29) is 5.69 Å². The number of fused-ring (bicyclic) bond motifs is 1. The van der Waals surface area contributed by atoms with E-state index < -0.39 is 5.97 Å². The third kappa shape index (κ3) is 2.19. The van der Waals surface area contributed by atoms with Crippen molar-refractivity contribution in [2.45, 2.75) is 13.5 Å². The molecule has 0 unspecified atom stereocenters. The van der Waals surface area contributed by atoms with E-state index in [0.29, 0.717) is 23.9 Å². The molecule has 0 saturated heterocycles. The number of anilines is 1. The van der Waals surface area contributed by atoms with Crippen LogP contribution >= 0.6 is 22.7 Å². The van der Waals surface area contributed by atoms with Crippen molar-refractivity contribution >= 4 is 39.4 Å². The van der Waals surface area contributed by atoms with E-state index in [1.165, 1.54) is 16.2 Å². The van der Waals surface area contributed by atoms with Crippen molar-refractivity contribution in [3.8, 4) is 0 Å². The summed E-state index contributed by atoms with van der Waals surface area (Å²) in [5, 5.41) is 13.3. The van der Waals surface area contributed by atoms with Crippen molar-refractivity contribution < 1.29 is 9.90 Å². The van der Waals surface area contributed by atoms with Gasteiger partial charge < -0.3 is 10.0 Å². The Labute approximate surface area is 123 Å². The van der Waals surface area contributed by atoms with Crippen LogP contribution in [0.4, 0.5) is 5.82 Å². The molecule has 0 bridgehead atoms. The highest BCUT2D eigenvalue weighted by Crippen LogP contribution is 2.26. The first-order chi connectivity index (χ1) is 9.70. The maximum absolute atomic E-state index is 11.5. The van der Waals surface area contributed by atoms with Crippen LogP contribution in [-0.4, -0.2) is 27.0 Å². The summed E-state index contributed by atoms with van der Waals surface area (Å²) in [7, 11) is 0. The molecule has 0 aliphatic rings. The standard InChI is InChI=1S/C13H13N3O2S2/c1-2-15(8-9-4-3-6-19-9)11-10(12(17)18)16-5-7-20-13(16)14-11/h3-7H,2,8H2,1H3,(H,17,18). The number of thiophene rings is 1. The molecule has 3 aromatic rings. The van der Waals surface area contributed by atoms with Crippen LogP contribution in [0.2, 0.25) is 0 Å². The van der Waals surface area contributed by atoms with Gasteiger partial charge >= 0.3 is 5.97 Å². The van der Waals surface area contributed by atoms with Crippen LogP contribution in [0.3, 0.4) is 0 Å². The molecule has 0 fully saturated rings. The molecule has 0 spiro atoms. The van der Waals surface area contributed by atoms with Crippen molar-refractivity contribution in [1.29, 1.82) is 0 Å². The molecular weight excluding hydrogens is 294 g/mol. The molecule has 1 N–H and O–H groups in total. The molecule has 0 atom stereocenters. The van der Waals surface area contributed by atoms with Crippen molar-refractivity contribution in [1.82, 2.24) is 9.38 Å². The number of thiazole rings is 1. The Hall–Kier alpha value is -1.86. The lowest BCUT2D eigenvalue weighted by Crippen LogP contribution is -2.24. The van der Waals surface area contributed by atoms with Gasteiger partial charge in [-0.2, -0.15) is 0 Å². The lowest BCUT2D eigenvalue weighted by molar-refractivity contribution is 0.0690. The third-order valence-corrected chi connectivity index (χ3v) is 4.67. The first-order valence-corrected chi connectivity index (χ1v) is 7.92. The number of imidazole rings is 1. The minimum Gasteiger partial charge on any atom is -0.476 e. The quantitative estimate of drug-likeness (QED) is 0.786. The summed E-state index contributed by atoms with van der Waals surface area (Å²) in [6, 6.07) is 4.05. The fraction of sp³-hybridized carbons (Fsp3) is 0.231. The SMILES string of the molecule is CCN(Cc1cccs1)c1nc2sccn2c1C(=O)O. The Morgan fingerprint density at radius 3 is 2.95 bits per heavy atom. The van der Waals surface area contributed by atoms with E-state index in [1.54, 1.807) is 21.9 Å². The molecule has 0 radical (unpaired) electrons. The number of aromatic carboxylic acids is 1. The predicted molar refractivity (Wildman–Crippen MR) is 81.1 cm³/mol. The van der Waals surface area contributed by atoms with Crippen LogP contribution in [0.25, 0.3) is 4.96 Å². The smallest absolute Gasteiger partial charge is 0.356 e. The lowest BCUT2D eigenvalue weighted by Gasteiger charge is -2.20. The lowest BCUT2D eigenvalue weighted by atomic mass is 10.3. The van der Waals surface area contributed by atoms with E-state index >= 15 is 0 Å². The normalized spacial score (nSPS) is 11.1. The molecule has 0 saturated carbocycles. The topological polar surface area (TPSA) is 57.8 Å². The van der Waals surface area contributed by atoms with Gasteiger partial charge in [0, 0.05) is 23.0 Å². The number of carbonyl (C=O) groups is 1. The van der Waals surface area contributed by atoms with Crippen molar-refractivity contribution in [2.24, 2.45) is 0 Å². The summed E-state index contributed by atoms with van der Waals surface area (Å²) in [5.41, 5.74) is 0.236. The van der Waals surface area contributed by atoms with Gasteiger partial charge in [-0.25, -0.2) is 9.78 Å². The highest BCUT2D eigenvalue weighted by Gasteiger charge is 2.23. The summed E-state index contributed by atoms with van der Waals surface area (Å²) in [4.78, 5) is 19.9. The highest BCUT2D eigenvalue weighted by molar-refractivity contribution is 7.15. The number of nitrogens with zero attached hydrogens (tertiary/aromatic N) is 3. The molecule has 7 heteroatoms. The molecule has 0 aliphatic carbocycles. The maximum Gasteiger partial charge on any atom is 0.356 e. The van der Waals surface area contributed by atoms with Gasteiger partial charge in [-0.3, -0.25) is 4.40 Å². The number of carboxylic acid groups (broad SMARTS) is 1. The Bertz CT molecular complexity index is 730. The van der Waals surface area contributed by atoms with Crippen LogP contribution < -0.4 is 4.90 Å². The molecule has 0 aliphatic heterocycles. The monoisotopic (exact) mass is 307 g/mol. The second-order valence-electron chi connectivity index (χ2n) is 4.24. The van der Waals surface area contributed by atoms with Crippen molar-refractivity contribution in [3.05, 3.63) is 39.7 Å². The first-order valence-electron chi connectivity index (χ1n) is 6.17. The second kappa shape index (κ2) is 5.26. The van der Waals surface area contributed by atoms with Crippen LogP contribution in [0.5, 0.6) is 0 Å². The fourth-order valence-corrected chi connectivity index (χ4v) is 3.55. The summed E-state index contributed by atoms with van der Waals surface area (Å²) in [5.74, 6) is -0.407. The minimum absolute atomic E-state index is 0.236. The number of hydrogen-bond acceptors (Lipinski definition) is 5. The van der Waals surface area contributed by atoms with Gasteiger partial charge in [0.15, 0.2) is 16.5 Å². The third-order valence-electron chi connectivity index (χ3n) is 3.05. The Morgan fingerprint density at radius 1 is 1.45 bits per heavy atom. The molecule has 5 nitrogen and oxygen atoms in total. The molecule has 0 amide bonds. The summed E-state index contributed by atoms with van der Waals surface area (Å²) in [6.45, 7) is 3.40. The summed E-state index contributed by atoms with van der Waals surface area (Å²) >= 11 is 3.10. The maximum atomic E-state index is 11.5. The molecule has 20 heavy (non-hydrogen) atoms. The summed E-state index contributed by atoms with van der Waals surface area (Å²) in [6.07, 6.45) is 1.75. The van der Waals surface area contributed by atoms with Crippen molar-refractivity contribution in [2.75, 3.05) is 11.4 Å². The van der Waals surface area contributed by atoms with E-state index in [4.69, 9.17) is 0 Å². The van der Waals surface area contributed by atoms with Crippen LogP contribution in [-0.2, 0) is 6.54 Å². The van der Waals surface area contributed by atoms with E-state index in [2.05, 4.69) is 4.98 Å². The Kier molecular flexibility index (Phi) is 3.45. The Morgan fingerprint density at radius 2 is 2.30 bits per heavy atom. The predicted octanol–water partition coefficient (Wildman–Crippen LogP) is 3.18. The number of rotatable bonds is 5. The van der Waals surface area contributed by atoms with E-state index in [0.717, 1.165) is 0 Å². The van der Waals surface area contributed by atoms with Gasteiger partial charge in [0.05, 0.1) is 6.54 Å². The Balaban J connectivity index is 2.04. The van der Waals surface area contributed by atoms with Gasteiger partial charge in [-0.05, 0) is 18.4 Å². The summed E-state index contributed by atoms with van der Waals surface area (Å²) < 4.78 is 1.64. The van der Waals surface area contributed by atoms with Crippen LogP contribution in [0.15, 0.2) is 29.1 Å². The van der Waals surface area contributed by atoms with Gasteiger partial charge in [-0.1, -0.05) is 6.07 Å². The molecule has 3 aromatic heterocycles. The molecule has 3 heterocycles. The van der Waals surface area contributed by atoms with Crippen LogP contribution in [0.1, 0.15) is 22.3 Å². The van der Waals surface area contributed by atoms with Gasteiger partial charge in [0.2, 0.25) is 0 Å². The molecule has 104 valence electrons. The zero-order valence-electron chi connectivity index (χ0n) is 10.8. The molecule has 3 rings (SSSR count). The van der Waals surface area contributed by atoms with Crippen LogP contribution in [0, 0.1) is 0 Å². The number of aromatic nitrogens is 2. The second-order valence-corrected chi connectivity index (χ2v) is 6.14. The molecule has 0 aromatic carbocycles. The minimum atomic E-state index is -0.949. The van der Waals surface area contributed by atoms with Gasteiger partial charge in [-0.15, -0.1) is 22.7 Å². The number of hydrogen-bond donors (Lipinski definition) is 1. The first kappa shape index (κ1) is 13.1. The van der Waals surface area contributed by atoms with E-state index in [1.807, 2.05) is 34.7 Å². The zero-order valence-corrected chi connectivity index (χ0v) is 12.4. The largest absolute Gasteiger partial charge is 0.476 e. The van der Waals surface area contributed by atoms with Gasteiger partial charge in [0.25, 0.3) is 0 Å². The molecular formula is C13H13N3O2S2. The average molecular weight is 307 g/mol. The number of carboxylic acids is 1. The fourth-order valence-electron chi connectivity index (χ4n) is 2.12. The van der Waals surface area contributed by atoms with E-state index in [9.17, 15) is 9.90 Å². The van der Waals surface area contributed by atoms with Crippen molar-refractivity contribution in [3.63, 3.8) is 0 Å². The highest BCUT2D eigenvalue weighted by atomic mass is 32.1. The average Bonchev–Trinajstić information content (AvgIpc) is 3.11. The van der Waals surface area contributed by atoms with Gasteiger partial charge in [0.1, 0.15) is 0 Å².